The first kappa shape index (κ1) is 14.8. The van der Waals surface area contributed by atoms with Crippen molar-refractivity contribution in [2.45, 2.75) is 18.3 Å². The second-order valence-corrected chi connectivity index (χ2v) is 5.94. The zero-order valence-corrected chi connectivity index (χ0v) is 10.2. The minimum atomic E-state index is -3.41. The van der Waals surface area contributed by atoms with Crippen LogP contribution >= 0.6 is 0 Å². The molecule has 0 aromatic rings. The largest absolute Gasteiger partial charge is 0.389 e. The molecule has 0 bridgehead atoms. The van der Waals surface area contributed by atoms with Crippen molar-refractivity contribution >= 4 is 10.0 Å². The minimum absolute atomic E-state index is 0.0144. The minimum Gasteiger partial charge on any atom is -0.389 e. The lowest BCUT2D eigenvalue weighted by molar-refractivity contribution is 0.0553. The zero-order chi connectivity index (χ0) is 12.1. The number of hydrogen-bond donors (Lipinski definition) is 2. The van der Waals surface area contributed by atoms with Crippen LogP contribution in [0.15, 0.2) is 0 Å². The van der Waals surface area contributed by atoms with Gasteiger partial charge in [0.05, 0.1) is 18.0 Å². The van der Waals surface area contributed by atoms with Gasteiger partial charge in [0, 0.05) is 27.2 Å². The maximum atomic E-state index is 11.7. The van der Waals surface area contributed by atoms with Crippen molar-refractivity contribution in [2.24, 2.45) is 5.73 Å². The molecule has 0 saturated carbocycles. The maximum absolute atomic E-state index is 11.7. The lowest BCUT2D eigenvalue weighted by Crippen LogP contribution is -2.42. The summed E-state index contributed by atoms with van der Waals surface area (Å²) in [6.45, 7) is 1.72. The van der Waals surface area contributed by atoms with Crippen LogP contribution in [0.4, 0.5) is 0 Å². The summed E-state index contributed by atoms with van der Waals surface area (Å²) < 4.78 is 29.2. The highest BCUT2D eigenvalue weighted by Crippen LogP contribution is 2.06. The molecule has 0 saturated heterocycles. The van der Waals surface area contributed by atoms with Gasteiger partial charge in [-0.2, -0.15) is 0 Å². The molecule has 0 aliphatic carbocycles. The van der Waals surface area contributed by atoms with Crippen LogP contribution in [0, 0.1) is 0 Å². The number of methoxy groups -OCH3 is 1. The molecule has 0 aliphatic rings. The summed E-state index contributed by atoms with van der Waals surface area (Å²) in [5, 5.41) is 8.73. The van der Waals surface area contributed by atoms with Gasteiger partial charge in [-0.3, -0.25) is 0 Å². The Kier molecular flexibility index (Phi) is 6.30. The van der Waals surface area contributed by atoms with Gasteiger partial charge in [0.25, 0.3) is 0 Å². The Morgan fingerprint density at radius 1 is 1.53 bits per heavy atom. The summed E-state index contributed by atoms with van der Waals surface area (Å²) in [5.74, 6) is 0. The van der Waals surface area contributed by atoms with Crippen molar-refractivity contribution in [3.63, 3.8) is 0 Å². The summed E-state index contributed by atoms with van der Waals surface area (Å²) in [7, 11) is -0.548. The Bertz CT molecular complexity index is 268. The van der Waals surface area contributed by atoms with Crippen molar-refractivity contribution in [3.05, 3.63) is 0 Å². The molecular formula is C8H20N2O4S. The summed E-state index contributed by atoms with van der Waals surface area (Å²) in [5.41, 5.74) is 5.29. The van der Waals surface area contributed by atoms with Crippen molar-refractivity contribution in [2.75, 3.05) is 33.9 Å². The van der Waals surface area contributed by atoms with E-state index < -0.39 is 21.4 Å². The Hall–Kier alpha value is -0.210. The molecule has 0 spiro atoms. The van der Waals surface area contributed by atoms with E-state index in [2.05, 4.69) is 0 Å². The lowest BCUT2D eigenvalue weighted by Gasteiger charge is -2.23. The van der Waals surface area contributed by atoms with Crippen LogP contribution in [0.1, 0.15) is 6.92 Å². The molecule has 0 aromatic carbocycles. The van der Waals surface area contributed by atoms with Gasteiger partial charge in [0.1, 0.15) is 0 Å². The second kappa shape index (κ2) is 6.39. The number of ether oxygens (including phenoxy) is 1. The molecule has 0 radical (unpaired) electrons. The molecule has 2 unspecified atom stereocenters. The molecular weight excluding hydrogens is 220 g/mol. The van der Waals surface area contributed by atoms with Crippen LogP contribution in [-0.2, 0) is 14.8 Å². The first-order valence-electron chi connectivity index (χ1n) is 4.68. The van der Waals surface area contributed by atoms with Gasteiger partial charge >= 0.3 is 0 Å². The predicted molar refractivity (Wildman–Crippen MR) is 57.9 cm³/mol. The molecule has 92 valence electrons. The Morgan fingerprint density at radius 2 is 2.07 bits per heavy atom. The molecule has 2 atom stereocenters. The maximum Gasteiger partial charge on any atom is 0.217 e. The van der Waals surface area contributed by atoms with Crippen molar-refractivity contribution in [1.29, 1.82) is 0 Å². The summed E-state index contributed by atoms with van der Waals surface area (Å²) in [6.07, 6.45) is -0.820. The third-order valence-corrected chi connectivity index (χ3v) is 4.33. The fraction of sp³-hybridized carbons (Fsp3) is 1.00. The average molecular weight is 240 g/mol. The molecule has 6 nitrogen and oxygen atoms in total. The van der Waals surface area contributed by atoms with Gasteiger partial charge in [0.15, 0.2) is 0 Å². The van der Waals surface area contributed by atoms with Crippen molar-refractivity contribution in [3.8, 4) is 0 Å². The van der Waals surface area contributed by atoms with Crippen LogP contribution in [0.5, 0.6) is 0 Å². The molecule has 3 N–H and O–H groups in total. The summed E-state index contributed by atoms with van der Waals surface area (Å²) >= 11 is 0. The summed E-state index contributed by atoms with van der Waals surface area (Å²) in [4.78, 5) is 0. The van der Waals surface area contributed by atoms with Crippen LogP contribution < -0.4 is 5.73 Å². The van der Waals surface area contributed by atoms with Crippen molar-refractivity contribution in [1.82, 2.24) is 4.31 Å². The number of aliphatic hydroxyl groups excluding tert-OH is 1. The number of sulfonamides is 1. The highest BCUT2D eigenvalue weighted by Gasteiger charge is 2.26. The highest BCUT2D eigenvalue weighted by atomic mass is 32.2. The molecule has 7 heteroatoms. The number of rotatable bonds is 7. The van der Waals surface area contributed by atoms with Gasteiger partial charge in [-0.05, 0) is 6.92 Å². The quantitative estimate of drug-likeness (QED) is 0.571. The Labute approximate surface area is 91.1 Å². The van der Waals surface area contributed by atoms with Gasteiger partial charge in [0.2, 0.25) is 10.0 Å². The van der Waals surface area contributed by atoms with Crippen LogP contribution in [0.3, 0.4) is 0 Å². The molecule has 0 aliphatic heterocycles. The van der Waals surface area contributed by atoms with E-state index in [9.17, 15) is 13.5 Å². The van der Waals surface area contributed by atoms with E-state index in [4.69, 9.17) is 10.5 Å². The van der Waals surface area contributed by atoms with E-state index in [0.717, 1.165) is 4.31 Å². The summed E-state index contributed by atoms with van der Waals surface area (Å²) in [6, 6.07) is 0. The Morgan fingerprint density at radius 3 is 2.47 bits per heavy atom. The normalized spacial score (nSPS) is 16.7. The van der Waals surface area contributed by atoms with E-state index >= 15 is 0 Å². The molecule has 0 aromatic heterocycles. The standard InChI is InChI=1S/C8H20N2O4S/c1-7(4-9)15(12,13)10(2)5-8(11)6-14-3/h7-8,11H,4-6,9H2,1-3H3. The molecule has 0 rings (SSSR count). The predicted octanol–water partition coefficient (Wildman–Crippen LogP) is -1.40. The first-order valence-corrected chi connectivity index (χ1v) is 6.18. The average Bonchev–Trinajstić information content (AvgIpc) is 2.16. The van der Waals surface area contributed by atoms with E-state index in [-0.39, 0.29) is 19.7 Å². The van der Waals surface area contributed by atoms with Crippen molar-refractivity contribution < 1.29 is 18.3 Å². The van der Waals surface area contributed by atoms with Crippen LogP contribution in [-0.4, -0.2) is 63.0 Å². The highest BCUT2D eigenvalue weighted by molar-refractivity contribution is 7.89. The monoisotopic (exact) mass is 240 g/mol. The van der Waals surface area contributed by atoms with E-state index in [1.807, 2.05) is 0 Å². The van der Waals surface area contributed by atoms with E-state index in [0.29, 0.717) is 0 Å². The van der Waals surface area contributed by atoms with Crippen LogP contribution in [0.25, 0.3) is 0 Å². The van der Waals surface area contributed by atoms with Gasteiger partial charge in [-0.15, -0.1) is 0 Å². The van der Waals surface area contributed by atoms with Gasteiger partial charge in [-0.1, -0.05) is 0 Å². The number of nitrogens with two attached hydrogens (primary N) is 1. The van der Waals surface area contributed by atoms with Gasteiger partial charge < -0.3 is 15.6 Å². The zero-order valence-electron chi connectivity index (χ0n) is 9.38. The van der Waals surface area contributed by atoms with Crippen LogP contribution in [0.2, 0.25) is 0 Å². The van der Waals surface area contributed by atoms with Gasteiger partial charge in [-0.25, -0.2) is 12.7 Å². The van der Waals surface area contributed by atoms with E-state index in [1.54, 1.807) is 0 Å². The fourth-order valence-electron chi connectivity index (χ4n) is 1.07. The molecule has 0 heterocycles. The second-order valence-electron chi connectivity index (χ2n) is 3.48. The lowest BCUT2D eigenvalue weighted by atomic mass is 10.4. The number of likely N-dealkylation sites (N-methyl/N-ethyl adjacent to an activating group) is 1. The SMILES string of the molecule is COCC(O)CN(C)S(=O)(=O)C(C)CN. The topological polar surface area (TPSA) is 92.9 Å². The third kappa shape index (κ3) is 4.43. The first-order chi connectivity index (χ1) is 6.86. The number of hydrogen-bond acceptors (Lipinski definition) is 5. The number of aliphatic hydroxyl groups is 1. The Balaban J connectivity index is 4.37. The fourth-order valence-corrected chi connectivity index (χ4v) is 2.31. The molecule has 0 amide bonds. The number of nitrogens with zero attached hydrogens (tertiary/aromatic N) is 1. The van der Waals surface area contributed by atoms with E-state index in [1.165, 1.54) is 21.1 Å². The third-order valence-electron chi connectivity index (χ3n) is 2.10. The molecule has 15 heavy (non-hydrogen) atoms. The molecule has 0 fully saturated rings. The smallest absolute Gasteiger partial charge is 0.217 e.